The first-order chi connectivity index (χ1) is 14.7. The maximum absolute atomic E-state index is 13.1. The number of hydrogen-bond donors (Lipinski definition) is 3. The van der Waals surface area contributed by atoms with Crippen molar-refractivity contribution in [1.29, 1.82) is 0 Å². The number of thioether (sulfide) groups is 1. The summed E-state index contributed by atoms with van der Waals surface area (Å²) < 4.78 is 0. The van der Waals surface area contributed by atoms with Gasteiger partial charge in [0, 0.05) is 41.6 Å². The number of hydrogen-bond acceptors (Lipinski definition) is 5. The van der Waals surface area contributed by atoms with E-state index in [2.05, 4.69) is 20.6 Å². The van der Waals surface area contributed by atoms with Crippen molar-refractivity contribution >= 4 is 35.0 Å². The molecule has 3 aromatic rings. The number of Topliss-reactive ketones (excluding diaryl/α,β-unsaturated/α-hetero) is 1. The van der Waals surface area contributed by atoms with Crippen molar-refractivity contribution in [1.82, 2.24) is 20.2 Å². The monoisotopic (exact) mass is 421 g/mol. The highest BCUT2D eigenvalue weighted by Gasteiger charge is 2.32. The highest BCUT2D eigenvalue weighted by Crippen LogP contribution is 2.37. The van der Waals surface area contributed by atoms with E-state index in [0.29, 0.717) is 18.7 Å². The normalized spacial score (nSPS) is 13.1. The summed E-state index contributed by atoms with van der Waals surface area (Å²) in [5.41, 5.74) is 4.69. The molecule has 0 radical (unpaired) electrons. The van der Waals surface area contributed by atoms with Gasteiger partial charge in [0.1, 0.15) is 0 Å². The summed E-state index contributed by atoms with van der Waals surface area (Å²) in [6.45, 7) is 0.974. The molecule has 3 heterocycles. The Morgan fingerprint density at radius 2 is 1.93 bits per heavy atom. The van der Waals surface area contributed by atoms with Crippen molar-refractivity contribution in [3.05, 3.63) is 66.1 Å². The van der Waals surface area contributed by atoms with Gasteiger partial charge in [0.15, 0.2) is 5.78 Å². The number of carbonyl (C=O) groups excluding carboxylic acids is 2. The second kappa shape index (κ2) is 9.04. The summed E-state index contributed by atoms with van der Waals surface area (Å²) in [6.07, 6.45) is 5.42. The lowest BCUT2D eigenvalue weighted by molar-refractivity contribution is 0.0919. The van der Waals surface area contributed by atoms with Crippen LogP contribution >= 0.6 is 11.8 Å². The number of nitrogens with one attached hydrogen (secondary N) is 3. The molecule has 8 heteroatoms. The van der Waals surface area contributed by atoms with Gasteiger partial charge in [0.2, 0.25) is 0 Å². The van der Waals surface area contributed by atoms with Crippen LogP contribution < -0.4 is 10.6 Å². The van der Waals surface area contributed by atoms with Crippen LogP contribution in [-0.2, 0) is 6.54 Å². The molecule has 154 valence electrons. The first-order valence-electron chi connectivity index (χ1n) is 9.69. The third-order valence-corrected chi connectivity index (χ3v) is 5.53. The average Bonchev–Trinajstić information content (AvgIpc) is 3.14. The molecule has 1 aliphatic rings. The minimum atomic E-state index is -0.222. The molecule has 0 aliphatic carbocycles. The number of ketones is 1. The van der Waals surface area contributed by atoms with Crippen molar-refractivity contribution in [2.75, 3.05) is 30.4 Å². The van der Waals surface area contributed by atoms with Crippen molar-refractivity contribution in [2.24, 2.45) is 0 Å². The summed E-state index contributed by atoms with van der Waals surface area (Å²) in [4.78, 5) is 34.6. The maximum atomic E-state index is 13.1. The smallest absolute Gasteiger partial charge is 0.318 e. The minimum Gasteiger partial charge on any atom is -0.355 e. The molecule has 2 aromatic heterocycles. The topological polar surface area (TPSA) is 90.1 Å². The van der Waals surface area contributed by atoms with Crippen molar-refractivity contribution < 1.29 is 9.59 Å². The van der Waals surface area contributed by atoms with Gasteiger partial charge in [-0.3, -0.25) is 9.78 Å². The van der Waals surface area contributed by atoms with Gasteiger partial charge in [-0.1, -0.05) is 18.2 Å². The van der Waals surface area contributed by atoms with E-state index in [-0.39, 0.29) is 18.4 Å². The number of anilines is 2. The number of benzene rings is 1. The number of urea groups is 1. The van der Waals surface area contributed by atoms with Crippen LogP contribution in [-0.4, -0.2) is 51.8 Å². The van der Waals surface area contributed by atoms with Crippen molar-refractivity contribution in [2.45, 2.75) is 6.54 Å². The number of para-hydroxylation sites is 1. The fraction of sp³-hybridized carbons (Fsp3) is 0.227. The predicted octanol–water partition coefficient (Wildman–Crippen LogP) is 3.89. The second-order valence-corrected chi connectivity index (χ2v) is 7.95. The molecule has 4 rings (SSSR count). The van der Waals surface area contributed by atoms with Crippen LogP contribution in [0.2, 0.25) is 0 Å². The van der Waals surface area contributed by atoms with Gasteiger partial charge in [-0.15, -0.1) is 0 Å². The van der Waals surface area contributed by atoms with E-state index in [0.717, 1.165) is 34.1 Å². The molecule has 30 heavy (non-hydrogen) atoms. The highest BCUT2D eigenvalue weighted by atomic mass is 32.2. The molecule has 1 aliphatic heterocycles. The Hall–Kier alpha value is -3.26. The Morgan fingerprint density at radius 3 is 2.67 bits per heavy atom. The molecule has 0 atom stereocenters. The number of aromatic nitrogens is 2. The molecule has 0 fully saturated rings. The van der Waals surface area contributed by atoms with Crippen LogP contribution in [0.25, 0.3) is 11.3 Å². The minimum absolute atomic E-state index is 0.0508. The number of H-pyrrole nitrogens is 1. The lowest BCUT2D eigenvalue weighted by atomic mass is 10.0. The third kappa shape index (κ3) is 4.18. The summed E-state index contributed by atoms with van der Waals surface area (Å²) in [7, 11) is 0. The number of pyridine rings is 1. The molecule has 7 nitrogen and oxygen atoms in total. The Labute approximate surface area is 179 Å². The van der Waals surface area contributed by atoms with Crippen LogP contribution in [0, 0.1) is 0 Å². The van der Waals surface area contributed by atoms with Crippen molar-refractivity contribution in [3.8, 4) is 11.3 Å². The van der Waals surface area contributed by atoms with Gasteiger partial charge < -0.3 is 20.5 Å². The Kier molecular flexibility index (Phi) is 6.04. The number of rotatable bonds is 6. The van der Waals surface area contributed by atoms with Crippen LogP contribution in [0.1, 0.15) is 16.1 Å². The molecule has 0 saturated heterocycles. The number of fused-ring (bicyclic) bond motifs is 1. The zero-order valence-corrected chi connectivity index (χ0v) is 17.5. The second-order valence-electron chi connectivity index (χ2n) is 6.96. The van der Waals surface area contributed by atoms with Crippen LogP contribution in [0.15, 0.2) is 54.9 Å². The van der Waals surface area contributed by atoms with Gasteiger partial charge >= 0.3 is 6.03 Å². The lowest BCUT2D eigenvalue weighted by Gasteiger charge is -2.26. The first kappa shape index (κ1) is 20.0. The molecule has 2 amide bonds. The molecule has 0 bridgehead atoms. The standard InChI is InChI=1S/C22H23N5O2S/c1-30-12-11-24-22(29)27-13-17-19(18(28)14-27)21(25-16-5-3-2-4-6-16)20(26-17)15-7-9-23-10-8-15/h2-10,25-26H,11-14H2,1H3,(H,24,29). The van der Waals surface area contributed by atoms with Gasteiger partial charge in [-0.25, -0.2) is 4.79 Å². The fourth-order valence-corrected chi connectivity index (χ4v) is 3.82. The molecule has 3 N–H and O–H groups in total. The van der Waals surface area contributed by atoms with E-state index < -0.39 is 0 Å². The Bertz CT molecular complexity index is 1040. The average molecular weight is 422 g/mol. The Morgan fingerprint density at radius 1 is 1.17 bits per heavy atom. The van der Waals surface area contributed by atoms with Gasteiger partial charge in [-0.2, -0.15) is 11.8 Å². The van der Waals surface area contributed by atoms with E-state index in [1.807, 2.05) is 48.7 Å². The SMILES string of the molecule is CSCCNC(=O)N1CC(=O)c2c([nH]c(-c3ccncc3)c2Nc2ccccc2)C1. The molecule has 0 spiro atoms. The van der Waals surface area contributed by atoms with E-state index >= 15 is 0 Å². The zero-order chi connectivity index (χ0) is 20.9. The summed E-state index contributed by atoms with van der Waals surface area (Å²) in [6, 6.07) is 13.3. The first-order valence-corrected chi connectivity index (χ1v) is 11.1. The van der Waals surface area contributed by atoms with E-state index in [1.54, 1.807) is 29.1 Å². The Balaban J connectivity index is 1.69. The molecular formula is C22H23N5O2S. The summed E-state index contributed by atoms with van der Waals surface area (Å²) >= 11 is 1.66. The highest BCUT2D eigenvalue weighted by molar-refractivity contribution is 7.98. The van der Waals surface area contributed by atoms with Crippen LogP contribution in [0.3, 0.4) is 0 Å². The lowest BCUT2D eigenvalue weighted by Crippen LogP contribution is -2.45. The zero-order valence-electron chi connectivity index (χ0n) is 16.6. The number of amides is 2. The number of nitrogens with zero attached hydrogens (tertiary/aromatic N) is 2. The third-order valence-electron chi connectivity index (χ3n) is 4.92. The fourth-order valence-electron chi connectivity index (χ4n) is 3.52. The molecule has 1 aromatic carbocycles. The molecular weight excluding hydrogens is 398 g/mol. The van der Waals surface area contributed by atoms with E-state index in [1.165, 1.54) is 0 Å². The van der Waals surface area contributed by atoms with Gasteiger partial charge in [-0.05, 0) is 30.5 Å². The molecule has 0 saturated carbocycles. The van der Waals surface area contributed by atoms with Crippen LogP contribution in [0.4, 0.5) is 16.2 Å². The predicted molar refractivity (Wildman–Crippen MR) is 120 cm³/mol. The van der Waals surface area contributed by atoms with E-state index in [4.69, 9.17) is 0 Å². The number of aromatic amines is 1. The molecule has 0 unspecified atom stereocenters. The summed E-state index contributed by atoms with van der Waals surface area (Å²) in [5.74, 6) is 0.741. The van der Waals surface area contributed by atoms with Gasteiger partial charge in [0.25, 0.3) is 0 Å². The van der Waals surface area contributed by atoms with Gasteiger partial charge in [0.05, 0.1) is 30.0 Å². The largest absolute Gasteiger partial charge is 0.355 e. The van der Waals surface area contributed by atoms with Crippen LogP contribution in [0.5, 0.6) is 0 Å². The summed E-state index contributed by atoms with van der Waals surface area (Å²) in [5, 5.41) is 6.27. The maximum Gasteiger partial charge on any atom is 0.318 e. The number of carbonyl (C=O) groups is 2. The van der Waals surface area contributed by atoms with E-state index in [9.17, 15) is 9.59 Å². The quantitative estimate of drug-likeness (QED) is 0.526. The van der Waals surface area contributed by atoms with Crippen molar-refractivity contribution in [3.63, 3.8) is 0 Å².